The first-order chi connectivity index (χ1) is 9.81. The maximum atomic E-state index is 9.19. The lowest BCUT2D eigenvalue weighted by Crippen LogP contribution is -2.17. The molecule has 0 spiro atoms. The molecule has 0 heterocycles. The van der Waals surface area contributed by atoms with Crippen molar-refractivity contribution in [1.82, 2.24) is 0 Å². The molecular weight excluding hydrogens is 256 g/mol. The van der Waals surface area contributed by atoms with Gasteiger partial charge in [0.05, 0.1) is 12.1 Å². The van der Waals surface area contributed by atoms with Gasteiger partial charge in [-0.15, -0.1) is 0 Å². The zero-order valence-corrected chi connectivity index (χ0v) is 14.0. The van der Waals surface area contributed by atoms with Crippen LogP contribution in [0.1, 0.15) is 60.3 Å². The maximum absolute atomic E-state index is 9.19. The topological polar surface area (TPSA) is 47.6 Å². The monoisotopic (exact) mass is 282 g/mol. The zero-order valence-electron chi connectivity index (χ0n) is 14.0. The molecule has 0 aliphatic heterocycles. The lowest BCUT2D eigenvalue weighted by atomic mass is 9.74. The first kappa shape index (κ1) is 17.3. The Hall–Kier alpha value is -1.80. The van der Waals surface area contributed by atoms with Crippen molar-refractivity contribution in [3.63, 3.8) is 0 Å². The Labute approximate surface area is 129 Å². The summed E-state index contributed by atoms with van der Waals surface area (Å²) in [5.74, 6) is 0.605. The highest BCUT2D eigenvalue weighted by Gasteiger charge is 2.26. The molecule has 0 N–H and O–H groups in total. The summed E-state index contributed by atoms with van der Waals surface area (Å²) >= 11 is 0. The smallest absolute Gasteiger partial charge is 0.0961 e. The number of rotatable bonds is 5. The lowest BCUT2D eigenvalue weighted by Gasteiger charge is -2.30. The third-order valence-electron chi connectivity index (χ3n) is 4.57. The molecule has 0 saturated heterocycles. The van der Waals surface area contributed by atoms with E-state index in [0.717, 1.165) is 12.8 Å². The number of hydrogen-bond donors (Lipinski definition) is 0. The van der Waals surface area contributed by atoms with E-state index in [1.165, 1.54) is 11.1 Å². The average Bonchev–Trinajstić information content (AvgIpc) is 2.45. The van der Waals surface area contributed by atoms with Crippen LogP contribution in [0.25, 0.3) is 0 Å². The van der Waals surface area contributed by atoms with Gasteiger partial charge in [0.15, 0.2) is 0 Å². The van der Waals surface area contributed by atoms with Crippen molar-refractivity contribution in [2.75, 3.05) is 0 Å². The van der Waals surface area contributed by atoms with Gasteiger partial charge in [-0.25, -0.2) is 0 Å². The zero-order chi connectivity index (χ0) is 16.0. The van der Waals surface area contributed by atoms with Crippen LogP contribution in [0.15, 0.2) is 34.4 Å². The molecule has 21 heavy (non-hydrogen) atoms. The van der Waals surface area contributed by atoms with Crippen molar-refractivity contribution in [2.24, 2.45) is 11.3 Å². The predicted octanol–water partition coefficient (Wildman–Crippen LogP) is 5.46. The quantitative estimate of drug-likeness (QED) is 0.629. The molecule has 0 unspecified atom stereocenters. The normalized spacial score (nSPS) is 16.6. The molecule has 0 atom stereocenters. The van der Waals surface area contributed by atoms with Crippen molar-refractivity contribution in [2.45, 2.75) is 60.3 Å². The summed E-state index contributed by atoms with van der Waals surface area (Å²) in [6, 6.07) is 4.35. The van der Waals surface area contributed by atoms with Crippen LogP contribution in [-0.4, -0.2) is 0 Å². The minimum Gasteiger partial charge on any atom is -0.193 e. The van der Waals surface area contributed by atoms with Crippen molar-refractivity contribution >= 4 is 0 Å². The van der Waals surface area contributed by atoms with E-state index in [-0.39, 0.29) is 5.41 Å². The highest BCUT2D eigenvalue weighted by molar-refractivity contribution is 5.45. The van der Waals surface area contributed by atoms with Gasteiger partial charge in [-0.3, -0.25) is 0 Å². The van der Waals surface area contributed by atoms with Crippen molar-refractivity contribution in [1.29, 1.82) is 10.5 Å². The van der Waals surface area contributed by atoms with Gasteiger partial charge < -0.3 is 0 Å². The largest absolute Gasteiger partial charge is 0.193 e. The van der Waals surface area contributed by atoms with Gasteiger partial charge in [0, 0.05) is 24.0 Å². The Morgan fingerprint density at radius 2 is 1.90 bits per heavy atom. The predicted molar refractivity (Wildman–Crippen MR) is 87.2 cm³/mol. The van der Waals surface area contributed by atoms with Gasteiger partial charge in [0.1, 0.15) is 0 Å². The third kappa shape index (κ3) is 4.61. The van der Waals surface area contributed by atoms with Gasteiger partial charge in [0.25, 0.3) is 0 Å². The number of nitriles is 2. The molecule has 2 heteroatoms. The fraction of sp³-hybridized carbons (Fsp3) is 0.579. The summed E-state index contributed by atoms with van der Waals surface area (Å²) in [6.45, 7) is 11.1. The summed E-state index contributed by atoms with van der Waals surface area (Å²) < 4.78 is 0. The molecule has 0 aromatic heterocycles. The molecule has 0 fully saturated rings. The molecule has 0 amide bonds. The number of nitrogens with zero attached hydrogens (tertiary/aromatic N) is 2. The van der Waals surface area contributed by atoms with E-state index in [0.29, 0.717) is 29.9 Å². The van der Waals surface area contributed by atoms with E-state index in [1.807, 2.05) is 0 Å². The van der Waals surface area contributed by atoms with E-state index in [2.05, 4.69) is 58.9 Å². The van der Waals surface area contributed by atoms with Gasteiger partial charge in [0.2, 0.25) is 0 Å². The summed E-state index contributed by atoms with van der Waals surface area (Å²) in [5, 5.41) is 18.2. The molecule has 0 saturated carbocycles. The molecule has 0 bridgehead atoms. The van der Waals surface area contributed by atoms with E-state index < -0.39 is 0 Å². The molecular formula is C19H26N2. The summed E-state index contributed by atoms with van der Waals surface area (Å²) in [4.78, 5) is 0. The highest BCUT2D eigenvalue weighted by atomic mass is 14.3. The number of hydrogen-bond acceptors (Lipinski definition) is 2. The minimum atomic E-state index is 0.0802. The Balaban J connectivity index is 2.73. The fourth-order valence-electron chi connectivity index (χ4n) is 2.51. The van der Waals surface area contributed by atoms with Crippen LogP contribution in [0.5, 0.6) is 0 Å². The standard InChI is InChI=1S/C19H26N2/c1-14(2)15(3)7-6-10-19(4,5)18-9-8-16(12-20)17(11-18)13-21/h7,9,14H,6,8,10-11H2,1-5H3/b15-7+. The van der Waals surface area contributed by atoms with Crippen LogP contribution in [0.3, 0.4) is 0 Å². The van der Waals surface area contributed by atoms with Crippen LogP contribution < -0.4 is 0 Å². The van der Waals surface area contributed by atoms with E-state index in [9.17, 15) is 5.26 Å². The lowest BCUT2D eigenvalue weighted by molar-refractivity contribution is 0.400. The van der Waals surface area contributed by atoms with Crippen molar-refractivity contribution < 1.29 is 0 Å². The minimum absolute atomic E-state index is 0.0802. The van der Waals surface area contributed by atoms with Crippen LogP contribution in [-0.2, 0) is 0 Å². The molecule has 2 nitrogen and oxygen atoms in total. The van der Waals surface area contributed by atoms with Crippen molar-refractivity contribution in [3.8, 4) is 12.1 Å². The summed E-state index contributed by atoms with van der Waals surface area (Å²) in [7, 11) is 0. The molecule has 1 aliphatic carbocycles. The molecule has 0 aromatic rings. The van der Waals surface area contributed by atoms with Crippen LogP contribution in [0.4, 0.5) is 0 Å². The van der Waals surface area contributed by atoms with E-state index in [1.54, 1.807) is 0 Å². The Bertz CT molecular complexity index is 557. The van der Waals surface area contributed by atoms with Crippen LogP contribution >= 0.6 is 0 Å². The Morgan fingerprint density at radius 1 is 1.29 bits per heavy atom. The highest BCUT2D eigenvalue weighted by Crippen LogP contribution is 2.39. The summed E-state index contributed by atoms with van der Waals surface area (Å²) in [5.41, 5.74) is 4.10. The fourth-order valence-corrected chi connectivity index (χ4v) is 2.51. The van der Waals surface area contributed by atoms with Crippen molar-refractivity contribution in [3.05, 3.63) is 34.4 Å². The summed E-state index contributed by atoms with van der Waals surface area (Å²) in [6.07, 6.45) is 7.86. The van der Waals surface area contributed by atoms with Crippen LogP contribution in [0, 0.1) is 34.0 Å². The van der Waals surface area contributed by atoms with Gasteiger partial charge in [-0.05, 0) is 31.1 Å². The third-order valence-corrected chi connectivity index (χ3v) is 4.57. The van der Waals surface area contributed by atoms with Gasteiger partial charge >= 0.3 is 0 Å². The Kier molecular flexibility index (Phi) is 5.98. The molecule has 1 rings (SSSR count). The second-order valence-corrected chi connectivity index (χ2v) is 6.82. The first-order valence-corrected chi connectivity index (χ1v) is 7.70. The van der Waals surface area contributed by atoms with E-state index >= 15 is 0 Å². The number of allylic oxidation sites excluding steroid dienone is 6. The molecule has 1 aliphatic rings. The average molecular weight is 282 g/mol. The van der Waals surface area contributed by atoms with Gasteiger partial charge in [-0.1, -0.05) is 51.0 Å². The first-order valence-electron chi connectivity index (χ1n) is 7.70. The van der Waals surface area contributed by atoms with Gasteiger partial charge in [-0.2, -0.15) is 10.5 Å². The SMILES string of the molecule is C/C(=C\CCC(C)(C)C1=CCC(C#N)=C(C#N)C1)C(C)C. The second-order valence-electron chi connectivity index (χ2n) is 6.82. The molecule has 0 radical (unpaired) electrons. The van der Waals surface area contributed by atoms with E-state index in [4.69, 9.17) is 5.26 Å². The second kappa shape index (κ2) is 7.28. The Morgan fingerprint density at radius 3 is 2.43 bits per heavy atom. The van der Waals surface area contributed by atoms with Crippen LogP contribution in [0.2, 0.25) is 0 Å². The molecule has 112 valence electrons. The molecule has 0 aromatic carbocycles. The maximum Gasteiger partial charge on any atom is 0.0961 e.